The molecule has 7 nitrogen and oxygen atoms in total. The highest BCUT2D eigenvalue weighted by atomic mass is 16.4. The van der Waals surface area contributed by atoms with Crippen molar-refractivity contribution < 1.29 is 9.90 Å². The van der Waals surface area contributed by atoms with Crippen molar-refractivity contribution in [3.63, 3.8) is 0 Å². The molecule has 0 saturated heterocycles. The normalized spacial score (nSPS) is 10.6. The molecule has 0 aliphatic rings. The molecule has 3 rings (SSSR count). The number of nitrogens with zero attached hydrogens (tertiary/aromatic N) is 4. The van der Waals surface area contributed by atoms with E-state index in [9.17, 15) is 4.79 Å². The number of aryl methyl sites for hydroxylation is 3. The molecule has 0 aliphatic heterocycles. The van der Waals surface area contributed by atoms with Gasteiger partial charge in [-0.3, -0.25) is 9.48 Å². The van der Waals surface area contributed by atoms with E-state index in [0.29, 0.717) is 12.5 Å². The number of aliphatic carboxylic acids is 1. The third-order valence-corrected chi connectivity index (χ3v) is 3.65. The van der Waals surface area contributed by atoms with Crippen molar-refractivity contribution in [2.75, 3.05) is 5.32 Å². The van der Waals surface area contributed by atoms with E-state index in [2.05, 4.69) is 26.4 Å². The molecule has 0 radical (unpaired) electrons. The Hall–Kier alpha value is -3.22. The van der Waals surface area contributed by atoms with Gasteiger partial charge in [0, 0.05) is 29.3 Å². The van der Waals surface area contributed by atoms with Gasteiger partial charge in [0.2, 0.25) is 5.95 Å². The van der Waals surface area contributed by atoms with Crippen LogP contribution in [-0.2, 0) is 11.3 Å². The molecule has 0 bridgehead atoms. The number of rotatable bonds is 6. The molecule has 7 heteroatoms. The largest absolute Gasteiger partial charge is 0.481 e. The van der Waals surface area contributed by atoms with Crippen LogP contribution >= 0.6 is 0 Å². The van der Waals surface area contributed by atoms with Crippen molar-refractivity contribution >= 4 is 17.6 Å². The number of carboxylic acid groups (broad SMARTS) is 1. The van der Waals surface area contributed by atoms with Gasteiger partial charge in [0.1, 0.15) is 0 Å². The molecule has 2 aromatic heterocycles. The quantitative estimate of drug-likeness (QED) is 0.717. The van der Waals surface area contributed by atoms with Crippen LogP contribution in [0.15, 0.2) is 42.9 Å². The Morgan fingerprint density at radius 3 is 2.84 bits per heavy atom. The lowest BCUT2D eigenvalue weighted by molar-refractivity contribution is -0.137. The Labute approximate surface area is 145 Å². The zero-order valence-electron chi connectivity index (χ0n) is 14.1. The Morgan fingerprint density at radius 1 is 1.24 bits per heavy atom. The first kappa shape index (κ1) is 16.6. The number of nitrogens with one attached hydrogen (secondary N) is 1. The van der Waals surface area contributed by atoms with Crippen molar-refractivity contribution in [2.24, 2.45) is 0 Å². The highest BCUT2D eigenvalue weighted by Gasteiger charge is 2.07. The van der Waals surface area contributed by atoms with Crippen molar-refractivity contribution in [1.29, 1.82) is 0 Å². The first-order valence-corrected chi connectivity index (χ1v) is 7.92. The molecule has 1 aromatic carbocycles. The van der Waals surface area contributed by atoms with Crippen molar-refractivity contribution in [3.8, 4) is 11.1 Å². The van der Waals surface area contributed by atoms with Gasteiger partial charge in [0.05, 0.1) is 19.2 Å². The van der Waals surface area contributed by atoms with Gasteiger partial charge in [-0.1, -0.05) is 6.07 Å². The van der Waals surface area contributed by atoms with E-state index in [1.807, 2.05) is 38.2 Å². The minimum atomic E-state index is -0.836. The molecule has 25 heavy (non-hydrogen) atoms. The SMILES string of the molecule is Cc1cc(Nc2nccc(C)n2)cc(-c2cnn(CCC(=O)O)c2)c1. The fraction of sp³-hybridized carbons (Fsp3) is 0.222. The zero-order chi connectivity index (χ0) is 17.8. The van der Waals surface area contributed by atoms with E-state index in [4.69, 9.17) is 5.11 Å². The summed E-state index contributed by atoms with van der Waals surface area (Å²) in [6.07, 6.45) is 5.36. The maximum Gasteiger partial charge on any atom is 0.305 e. The van der Waals surface area contributed by atoms with Gasteiger partial charge in [-0.15, -0.1) is 0 Å². The number of hydrogen-bond acceptors (Lipinski definition) is 5. The summed E-state index contributed by atoms with van der Waals surface area (Å²) >= 11 is 0. The third-order valence-electron chi connectivity index (χ3n) is 3.65. The summed E-state index contributed by atoms with van der Waals surface area (Å²) in [6, 6.07) is 7.92. The van der Waals surface area contributed by atoms with Gasteiger partial charge in [0.15, 0.2) is 0 Å². The molecular formula is C18H19N5O2. The lowest BCUT2D eigenvalue weighted by Gasteiger charge is -2.08. The van der Waals surface area contributed by atoms with Gasteiger partial charge < -0.3 is 10.4 Å². The second-order valence-electron chi connectivity index (χ2n) is 5.87. The molecule has 128 valence electrons. The van der Waals surface area contributed by atoms with Gasteiger partial charge in [-0.25, -0.2) is 9.97 Å². The number of hydrogen-bond donors (Lipinski definition) is 2. The number of anilines is 2. The first-order chi connectivity index (χ1) is 12.0. The van der Waals surface area contributed by atoms with Crippen LogP contribution in [0.1, 0.15) is 17.7 Å². The monoisotopic (exact) mass is 337 g/mol. The summed E-state index contributed by atoms with van der Waals surface area (Å²) in [5, 5.41) is 16.2. The summed E-state index contributed by atoms with van der Waals surface area (Å²) in [4.78, 5) is 19.2. The summed E-state index contributed by atoms with van der Waals surface area (Å²) in [7, 11) is 0. The predicted octanol–water partition coefficient (Wildman–Crippen LogP) is 3.18. The van der Waals surface area contributed by atoms with Crippen LogP contribution in [0.5, 0.6) is 0 Å². The predicted molar refractivity (Wildman–Crippen MR) is 94.7 cm³/mol. The molecule has 0 saturated carbocycles. The van der Waals surface area contributed by atoms with Crippen molar-refractivity contribution in [3.05, 3.63) is 54.1 Å². The van der Waals surface area contributed by atoms with Crippen LogP contribution in [0.4, 0.5) is 11.6 Å². The molecule has 0 aliphatic carbocycles. The average molecular weight is 337 g/mol. The molecule has 0 fully saturated rings. The molecular weight excluding hydrogens is 318 g/mol. The molecule has 3 aromatic rings. The van der Waals surface area contributed by atoms with Crippen molar-refractivity contribution in [1.82, 2.24) is 19.7 Å². The number of carbonyl (C=O) groups is 1. The third kappa shape index (κ3) is 4.41. The number of carboxylic acids is 1. The maximum absolute atomic E-state index is 10.7. The molecule has 2 heterocycles. The Morgan fingerprint density at radius 2 is 2.08 bits per heavy atom. The van der Waals surface area contributed by atoms with E-state index in [-0.39, 0.29) is 6.42 Å². The zero-order valence-corrected chi connectivity index (χ0v) is 14.1. The standard InChI is InChI=1S/C18H19N5O2/c1-12-7-14(15-10-20-23(11-15)6-4-17(24)25)9-16(8-12)22-18-19-5-3-13(2)21-18/h3,5,7-11H,4,6H2,1-2H3,(H,24,25)(H,19,21,22). The van der Waals surface area contributed by atoms with E-state index in [0.717, 1.165) is 28.1 Å². The van der Waals surface area contributed by atoms with E-state index >= 15 is 0 Å². The van der Waals surface area contributed by atoms with Crippen LogP contribution in [-0.4, -0.2) is 30.8 Å². The molecule has 0 unspecified atom stereocenters. The second-order valence-corrected chi connectivity index (χ2v) is 5.87. The topological polar surface area (TPSA) is 92.9 Å². The lowest BCUT2D eigenvalue weighted by Crippen LogP contribution is -2.04. The average Bonchev–Trinajstić information content (AvgIpc) is 3.01. The smallest absolute Gasteiger partial charge is 0.305 e. The van der Waals surface area contributed by atoms with Crippen molar-refractivity contribution in [2.45, 2.75) is 26.8 Å². The van der Waals surface area contributed by atoms with Gasteiger partial charge in [-0.2, -0.15) is 5.10 Å². The van der Waals surface area contributed by atoms with Gasteiger partial charge in [-0.05, 0) is 43.2 Å². The van der Waals surface area contributed by atoms with Crippen LogP contribution < -0.4 is 5.32 Å². The lowest BCUT2D eigenvalue weighted by atomic mass is 10.1. The van der Waals surface area contributed by atoms with Crippen LogP contribution in [0.3, 0.4) is 0 Å². The first-order valence-electron chi connectivity index (χ1n) is 7.92. The van der Waals surface area contributed by atoms with Crippen LogP contribution in [0.2, 0.25) is 0 Å². The minimum absolute atomic E-state index is 0.0481. The molecule has 2 N–H and O–H groups in total. The van der Waals surface area contributed by atoms with Crippen LogP contribution in [0, 0.1) is 13.8 Å². The van der Waals surface area contributed by atoms with E-state index in [1.165, 1.54) is 0 Å². The van der Waals surface area contributed by atoms with E-state index < -0.39 is 5.97 Å². The summed E-state index contributed by atoms with van der Waals surface area (Å²) in [5.41, 5.74) is 4.80. The Balaban J connectivity index is 1.83. The second kappa shape index (κ2) is 7.12. The fourth-order valence-electron chi connectivity index (χ4n) is 2.51. The van der Waals surface area contributed by atoms with E-state index in [1.54, 1.807) is 17.1 Å². The number of aromatic nitrogens is 4. The van der Waals surface area contributed by atoms with Crippen LogP contribution in [0.25, 0.3) is 11.1 Å². The molecule has 0 spiro atoms. The number of benzene rings is 1. The fourth-order valence-corrected chi connectivity index (χ4v) is 2.51. The summed E-state index contributed by atoms with van der Waals surface area (Å²) in [5.74, 6) is -0.286. The molecule has 0 atom stereocenters. The minimum Gasteiger partial charge on any atom is -0.481 e. The summed E-state index contributed by atoms with van der Waals surface area (Å²) in [6.45, 7) is 4.28. The Kier molecular flexibility index (Phi) is 4.74. The maximum atomic E-state index is 10.7. The highest BCUT2D eigenvalue weighted by molar-refractivity contribution is 5.70. The molecule has 0 amide bonds. The highest BCUT2D eigenvalue weighted by Crippen LogP contribution is 2.25. The van der Waals surface area contributed by atoms with Gasteiger partial charge in [0.25, 0.3) is 0 Å². The summed E-state index contributed by atoms with van der Waals surface area (Å²) < 4.78 is 1.64. The van der Waals surface area contributed by atoms with Gasteiger partial charge >= 0.3 is 5.97 Å². The Bertz CT molecular complexity index is 904.